The number of rotatable bonds is 6. The zero-order valence-corrected chi connectivity index (χ0v) is 14.7. The van der Waals surface area contributed by atoms with Crippen LogP contribution in [-0.2, 0) is 4.74 Å². The van der Waals surface area contributed by atoms with Gasteiger partial charge >= 0.3 is 0 Å². The monoisotopic (exact) mass is 344 g/mol. The Morgan fingerprint density at radius 3 is 2.68 bits per heavy atom. The highest BCUT2D eigenvalue weighted by atomic mass is 16.5. The second-order valence-electron chi connectivity index (χ2n) is 6.02. The SMILES string of the molecule is COc1ccccc1C(=O)NC[C@@H](c1ccc(C)o1)N1CCOCC1. The van der Waals surface area contributed by atoms with Gasteiger partial charge in [-0.3, -0.25) is 9.69 Å². The number of hydrogen-bond donors (Lipinski definition) is 1. The summed E-state index contributed by atoms with van der Waals surface area (Å²) in [4.78, 5) is 14.9. The molecule has 0 radical (unpaired) electrons. The fourth-order valence-electron chi connectivity index (χ4n) is 3.05. The van der Waals surface area contributed by atoms with Crippen LogP contribution in [0.4, 0.5) is 0 Å². The van der Waals surface area contributed by atoms with Crippen LogP contribution in [0.1, 0.15) is 27.9 Å². The van der Waals surface area contributed by atoms with Gasteiger partial charge in [0.05, 0.1) is 31.9 Å². The van der Waals surface area contributed by atoms with E-state index in [1.54, 1.807) is 19.2 Å². The van der Waals surface area contributed by atoms with Crippen LogP contribution in [0.15, 0.2) is 40.8 Å². The molecule has 0 spiro atoms. The molecule has 1 aromatic heterocycles. The van der Waals surface area contributed by atoms with E-state index in [1.165, 1.54) is 0 Å². The predicted molar refractivity (Wildman–Crippen MR) is 93.9 cm³/mol. The maximum Gasteiger partial charge on any atom is 0.255 e. The summed E-state index contributed by atoms with van der Waals surface area (Å²) in [5, 5.41) is 3.02. The lowest BCUT2D eigenvalue weighted by Crippen LogP contribution is -2.43. The molecule has 0 saturated carbocycles. The minimum absolute atomic E-state index is 0.0174. The number of furan rings is 1. The Kier molecular flexibility index (Phi) is 5.73. The summed E-state index contributed by atoms with van der Waals surface area (Å²) in [6.07, 6.45) is 0. The van der Waals surface area contributed by atoms with Crippen LogP contribution < -0.4 is 10.1 Å². The molecular weight excluding hydrogens is 320 g/mol. The molecular formula is C19H24N2O4. The molecule has 0 bridgehead atoms. The van der Waals surface area contributed by atoms with Crippen LogP contribution in [0.2, 0.25) is 0 Å². The van der Waals surface area contributed by atoms with Crippen LogP contribution in [0.3, 0.4) is 0 Å². The van der Waals surface area contributed by atoms with E-state index in [4.69, 9.17) is 13.9 Å². The molecule has 1 atom stereocenters. The largest absolute Gasteiger partial charge is 0.496 e. The Morgan fingerprint density at radius 2 is 2.00 bits per heavy atom. The van der Waals surface area contributed by atoms with Gasteiger partial charge in [0.25, 0.3) is 5.91 Å². The van der Waals surface area contributed by atoms with Gasteiger partial charge in [0.2, 0.25) is 0 Å². The van der Waals surface area contributed by atoms with Gasteiger partial charge in [-0.25, -0.2) is 0 Å². The fourth-order valence-corrected chi connectivity index (χ4v) is 3.05. The van der Waals surface area contributed by atoms with Crippen molar-refractivity contribution in [2.75, 3.05) is 40.0 Å². The lowest BCUT2D eigenvalue weighted by molar-refractivity contribution is 0.0117. The topological polar surface area (TPSA) is 63.9 Å². The van der Waals surface area contributed by atoms with Crippen LogP contribution in [-0.4, -0.2) is 50.8 Å². The van der Waals surface area contributed by atoms with E-state index in [2.05, 4.69) is 10.2 Å². The molecule has 1 aromatic carbocycles. The summed E-state index contributed by atoms with van der Waals surface area (Å²) in [5.41, 5.74) is 0.529. The summed E-state index contributed by atoms with van der Waals surface area (Å²) < 4.78 is 16.5. The van der Waals surface area contributed by atoms with Crippen molar-refractivity contribution in [2.45, 2.75) is 13.0 Å². The normalized spacial score (nSPS) is 16.4. The smallest absolute Gasteiger partial charge is 0.255 e. The molecule has 1 amide bonds. The summed E-state index contributed by atoms with van der Waals surface area (Å²) in [6, 6.07) is 11.1. The molecule has 2 aromatic rings. The highest BCUT2D eigenvalue weighted by Gasteiger charge is 2.26. The molecule has 2 heterocycles. The number of aryl methyl sites for hydroxylation is 1. The first-order valence-electron chi connectivity index (χ1n) is 8.48. The molecule has 6 heteroatoms. The zero-order chi connectivity index (χ0) is 17.6. The average Bonchev–Trinajstić information content (AvgIpc) is 3.08. The lowest BCUT2D eigenvalue weighted by atomic mass is 10.1. The third-order valence-corrected chi connectivity index (χ3v) is 4.38. The van der Waals surface area contributed by atoms with Gasteiger partial charge < -0.3 is 19.2 Å². The van der Waals surface area contributed by atoms with E-state index in [9.17, 15) is 4.79 Å². The quantitative estimate of drug-likeness (QED) is 0.872. The number of amides is 1. The number of nitrogens with zero attached hydrogens (tertiary/aromatic N) is 1. The molecule has 1 aliphatic heterocycles. The van der Waals surface area contributed by atoms with Gasteiger partial charge in [-0.15, -0.1) is 0 Å². The van der Waals surface area contributed by atoms with Crippen LogP contribution in [0.5, 0.6) is 5.75 Å². The third-order valence-electron chi connectivity index (χ3n) is 4.38. The van der Waals surface area contributed by atoms with Crippen LogP contribution in [0.25, 0.3) is 0 Å². The molecule has 1 N–H and O–H groups in total. The maximum absolute atomic E-state index is 12.6. The standard InChI is InChI=1S/C19H24N2O4/c1-14-7-8-18(25-14)16(21-9-11-24-12-10-21)13-20-19(22)15-5-3-4-6-17(15)23-2/h3-8,16H,9-13H2,1-2H3,(H,20,22)/t16-/m0/s1. The summed E-state index contributed by atoms with van der Waals surface area (Å²) in [6.45, 7) is 5.40. The number of carbonyl (C=O) groups is 1. The van der Waals surface area contributed by atoms with Crippen LogP contribution >= 0.6 is 0 Å². The van der Waals surface area contributed by atoms with Crippen molar-refractivity contribution in [1.82, 2.24) is 10.2 Å². The van der Waals surface area contributed by atoms with Crippen molar-refractivity contribution < 1.29 is 18.7 Å². The van der Waals surface area contributed by atoms with Crippen molar-refractivity contribution in [3.8, 4) is 5.75 Å². The highest BCUT2D eigenvalue weighted by molar-refractivity contribution is 5.96. The van der Waals surface area contributed by atoms with Gasteiger partial charge in [-0.05, 0) is 31.2 Å². The molecule has 3 rings (SSSR count). The van der Waals surface area contributed by atoms with E-state index in [0.717, 1.165) is 24.6 Å². The molecule has 6 nitrogen and oxygen atoms in total. The average molecular weight is 344 g/mol. The van der Waals surface area contributed by atoms with Crippen molar-refractivity contribution in [3.05, 3.63) is 53.5 Å². The first-order chi connectivity index (χ1) is 12.2. The third kappa shape index (κ3) is 4.21. The Labute approximate surface area is 147 Å². The number of carbonyl (C=O) groups excluding carboxylic acids is 1. The van der Waals surface area contributed by atoms with E-state index in [0.29, 0.717) is 31.1 Å². The molecule has 1 aliphatic rings. The van der Waals surface area contributed by atoms with Gasteiger partial charge in [-0.2, -0.15) is 0 Å². The lowest BCUT2D eigenvalue weighted by Gasteiger charge is -2.33. The highest BCUT2D eigenvalue weighted by Crippen LogP contribution is 2.24. The Morgan fingerprint density at radius 1 is 1.24 bits per heavy atom. The Bertz CT molecular complexity index is 707. The van der Waals surface area contributed by atoms with Gasteiger partial charge in [0.15, 0.2) is 0 Å². The Balaban J connectivity index is 1.72. The van der Waals surface area contributed by atoms with E-state index >= 15 is 0 Å². The number of benzene rings is 1. The molecule has 0 aliphatic carbocycles. The minimum Gasteiger partial charge on any atom is -0.496 e. The summed E-state index contributed by atoms with van der Waals surface area (Å²) in [5.74, 6) is 2.14. The minimum atomic E-state index is -0.154. The van der Waals surface area contributed by atoms with Crippen molar-refractivity contribution in [3.63, 3.8) is 0 Å². The molecule has 0 unspecified atom stereocenters. The Hall–Kier alpha value is -2.31. The van der Waals surface area contributed by atoms with Gasteiger partial charge in [0, 0.05) is 19.6 Å². The number of methoxy groups -OCH3 is 1. The molecule has 1 saturated heterocycles. The second kappa shape index (κ2) is 8.18. The molecule has 25 heavy (non-hydrogen) atoms. The molecule has 1 fully saturated rings. The maximum atomic E-state index is 12.6. The van der Waals surface area contributed by atoms with Crippen molar-refractivity contribution in [1.29, 1.82) is 0 Å². The number of hydrogen-bond acceptors (Lipinski definition) is 5. The molecule has 134 valence electrons. The number of nitrogens with one attached hydrogen (secondary N) is 1. The van der Waals surface area contributed by atoms with E-state index in [-0.39, 0.29) is 11.9 Å². The number of morpholine rings is 1. The predicted octanol–water partition coefficient (Wildman–Crippen LogP) is 2.40. The van der Waals surface area contributed by atoms with Crippen molar-refractivity contribution >= 4 is 5.91 Å². The van der Waals surface area contributed by atoms with Crippen LogP contribution in [0, 0.1) is 6.92 Å². The number of ether oxygens (including phenoxy) is 2. The fraction of sp³-hybridized carbons (Fsp3) is 0.421. The van der Waals surface area contributed by atoms with E-state index in [1.807, 2.05) is 31.2 Å². The summed E-state index contributed by atoms with van der Waals surface area (Å²) in [7, 11) is 1.56. The number of para-hydroxylation sites is 1. The zero-order valence-electron chi connectivity index (χ0n) is 14.7. The van der Waals surface area contributed by atoms with Crippen molar-refractivity contribution in [2.24, 2.45) is 0 Å². The van der Waals surface area contributed by atoms with Gasteiger partial charge in [0.1, 0.15) is 17.3 Å². The first-order valence-corrected chi connectivity index (χ1v) is 8.48. The summed E-state index contributed by atoms with van der Waals surface area (Å²) >= 11 is 0. The second-order valence-corrected chi connectivity index (χ2v) is 6.02. The van der Waals surface area contributed by atoms with Gasteiger partial charge in [-0.1, -0.05) is 12.1 Å². The first kappa shape index (κ1) is 17.5. The van der Waals surface area contributed by atoms with E-state index < -0.39 is 0 Å².